The molecule has 0 unspecified atom stereocenters. The highest BCUT2D eigenvalue weighted by Gasteiger charge is 2.37. The lowest BCUT2D eigenvalue weighted by molar-refractivity contribution is -0.136. The molecular formula is C18H13F5N4O2. The van der Waals surface area contributed by atoms with Crippen molar-refractivity contribution in [1.82, 2.24) is 14.4 Å². The zero-order valence-corrected chi connectivity index (χ0v) is 14.6. The maximum absolute atomic E-state index is 13.8. The average molecular weight is 412 g/mol. The molecule has 0 spiro atoms. The van der Waals surface area contributed by atoms with Crippen LogP contribution in [0.25, 0.3) is 28.1 Å². The van der Waals surface area contributed by atoms with Crippen molar-refractivity contribution >= 4 is 22.6 Å². The quantitative estimate of drug-likeness (QED) is 0.498. The fourth-order valence-corrected chi connectivity index (χ4v) is 3.00. The van der Waals surface area contributed by atoms with Gasteiger partial charge in [0.15, 0.2) is 5.76 Å². The number of alkyl halides is 5. The standard InChI is InChI=1S/C18H11F5N4O2.H2/c1-17(19,20)12-6-10(18(21,22)23)8-2-3-13-25-11(7-27(13)16(8)26-12)14-9(15(24)28)4-5-29-14;/h2-7H,1H3,(H2,24,28);1H. The van der Waals surface area contributed by atoms with Gasteiger partial charge in [-0.15, -0.1) is 0 Å². The molecule has 4 aromatic heterocycles. The van der Waals surface area contributed by atoms with Crippen molar-refractivity contribution in [2.75, 3.05) is 0 Å². The van der Waals surface area contributed by atoms with E-state index >= 15 is 0 Å². The molecule has 4 aromatic rings. The zero-order chi connectivity index (χ0) is 21.1. The first-order valence-corrected chi connectivity index (χ1v) is 8.13. The number of halogens is 5. The highest BCUT2D eigenvalue weighted by Crippen LogP contribution is 2.38. The van der Waals surface area contributed by atoms with Gasteiger partial charge in [0.2, 0.25) is 0 Å². The minimum Gasteiger partial charge on any atom is -0.462 e. The number of hydrogen-bond donors (Lipinski definition) is 1. The fraction of sp³-hybridized carbons (Fsp3) is 0.167. The molecule has 0 aliphatic heterocycles. The van der Waals surface area contributed by atoms with Gasteiger partial charge in [-0.05, 0) is 24.3 Å². The Morgan fingerprint density at radius 1 is 1.17 bits per heavy atom. The monoisotopic (exact) mass is 412 g/mol. The van der Waals surface area contributed by atoms with Gasteiger partial charge in [0.05, 0.1) is 17.4 Å². The minimum atomic E-state index is -4.88. The number of nitrogens with two attached hydrogens (primary N) is 1. The summed E-state index contributed by atoms with van der Waals surface area (Å²) in [5, 5.41) is -0.378. The summed E-state index contributed by atoms with van der Waals surface area (Å²) in [6.45, 7) is 0.461. The van der Waals surface area contributed by atoms with E-state index in [0.717, 1.165) is 10.5 Å². The first kappa shape index (κ1) is 18.8. The van der Waals surface area contributed by atoms with Crippen molar-refractivity contribution in [3.05, 3.63) is 53.5 Å². The van der Waals surface area contributed by atoms with Crippen LogP contribution in [0.15, 0.2) is 41.1 Å². The molecule has 1 amide bonds. The Kier molecular flexibility index (Phi) is 3.90. The molecule has 4 rings (SSSR count). The van der Waals surface area contributed by atoms with Crippen LogP contribution in [0.2, 0.25) is 0 Å². The molecule has 2 N–H and O–H groups in total. The highest BCUT2D eigenvalue weighted by molar-refractivity contribution is 5.98. The number of rotatable bonds is 3. The van der Waals surface area contributed by atoms with Gasteiger partial charge in [0, 0.05) is 19.9 Å². The van der Waals surface area contributed by atoms with Crippen LogP contribution < -0.4 is 5.73 Å². The number of hydrogen-bond acceptors (Lipinski definition) is 4. The molecule has 0 radical (unpaired) electrons. The lowest BCUT2D eigenvalue weighted by Crippen LogP contribution is -2.15. The maximum atomic E-state index is 13.8. The lowest BCUT2D eigenvalue weighted by atomic mass is 10.1. The van der Waals surface area contributed by atoms with Crippen LogP contribution in [-0.4, -0.2) is 20.3 Å². The van der Waals surface area contributed by atoms with E-state index in [2.05, 4.69) is 9.97 Å². The molecule has 0 fully saturated rings. The molecule has 0 aromatic carbocycles. The second kappa shape index (κ2) is 6.00. The maximum Gasteiger partial charge on any atom is 0.417 e. The molecule has 0 saturated carbocycles. The molecule has 4 heterocycles. The SMILES string of the molecule is CC(F)(F)c1cc(C(F)(F)F)c2ccc3nc(-c4occc4C(N)=O)cn3c2n1.[HH]. The predicted molar refractivity (Wildman–Crippen MR) is 93.4 cm³/mol. The van der Waals surface area contributed by atoms with Gasteiger partial charge in [-0.1, -0.05) is 0 Å². The summed E-state index contributed by atoms with van der Waals surface area (Å²) in [6, 6.07) is 4.03. The van der Waals surface area contributed by atoms with Gasteiger partial charge in [-0.3, -0.25) is 9.20 Å². The van der Waals surface area contributed by atoms with E-state index in [0.29, 0.717) is 13.0 Å². The Balaban J connectivity index is 0.00000256. The van der Waals surface area contributed by atoms with E-state index in [-0.39, 0.29) is 35.1 Å². The number of imidazole rings is 1. The molecule has 152 valence electrons. The Labute approximate surface area is 160 Å². The molecule has 0 aliphatic carbocycles. The predicted octanol–water partition coefficient (Wildman–Crippen LogP) is 4.62. The summed E-state index contributed by atoms with van der Waals surface area (Å²) in [4.78, 5) is 19.4. The summed E-state index contributed by atoms with van der Waals surface area (Å²) in [5.41, 5.74) is 2.85. The van der Waals surface area contributed by atoms with Crippen LogP contribution in [0.3, 0.4) is 0 Å². The lowest BCUT2D eigenvalue weighted by Gasteiger charge is -2.16. The van der Waals surface area contributed by atoms with Crippen LogP contribution in [0.5, 0.6) is 0 Å². The van der Waals surface area contributed by atoms with Crippen LogP contribution in [0, 0.1) is 0 Å². The topological polar surface area (TPSA) is 86.4 Å². The number of carbonyl (C=O) groups excluding carboxylic acids is 1. The van der Waals surface area contributed by atoms with Crippen molar-refractivity contribution in [1.29, 1.82) is 0 Å². The number of aromatic nitrogens is 3. The Morgan fingerprint density at radius 2 is 1.90 bits per heavy atom. The van der Waals surface area contributed by atoms with Gasteiger partial charge >= 0.3 is 6.18 Å². The number of fused-ring (bicyclic) bond motifs is 3. The summed E-state index contributed by atoms with van der Waals surface area (Å²) in [6.07, 6.45) is -2.43. The Hall–Kier alpha value is -3.50. The fourth-order valence-electron chi connectivity index (χ4n) is 3.00. The molecule has 29 heavy (non-hydrogen) atoms. The molecular weight excluding hydrogens is 399 g/mol. The largest absolute Gasteiger partial charge is 0.462 e. The van der Waals surface area contributed by atoms with E-state index in [9.17, 15) is 26.7 Å². The van der Waals surface area contributed by atoms with Gasteiger partial charge in [-0.25, -0.2) is 9.97 Å². The van der Waals surface area contributed by atoms with Crippen molar-refractivity contribution in [2.24, 2.45) is 5.73 Å². The number of pyridine rings is 2. The van der Waals surface area contributed by atoms with Gasteiger partial charge in [-0.2, -0.15) is 22.0 Å². The van der Waals surface area contributed by atoms with E-state index < -0.39 is 29.3 Å². The molecule has 6 nitrogen and oxygen atoms in total. The first-order valence-electron chi connectivity index (χ1n) is 8.13. The van der Waals surface area contributed by atoms with Crippen molar-refractivity contribution in [3.63, 3.8) is 0 Å². The van der Waals surface area contributed by atoms with Crippen LogP contribution in [0.4, 0.5) is 22.0 Å². The van der Waals surface area contributed by atoms with Crippen molar-refractivity contribution in [3.8, 4) is 11.5 Å². The van der Waals surface area contributed by atoms with E-state index in [1.54, 1.807) is 0 Å². The van der Waals surface area contributed by atoms with E-state index in [1.165, 1.54) is 24.6 Å². The number of nitrogens with zero attached hydrogens (tertiary/aromatic N) is 3. The van der Waals surface area contributed by atoms with Crippen molar-refractivity contribution < 1.29 is 32.6 Å². The van der Waals surface area contributed by atoms with Gasteiger partial charge < -0.3 is 10.2 Å². The van der Waals surface area contributed by atoms with E-state index in [1.807, 2.05) is 0 Å². The summed E-state index contributed by atoms with van der Waals surface area (Å²) < 4.78 is 74.4. The normalized spacial score (nSPS) is 12.8. The number of carbonyl (C=O) groups is 1. The Bertz CT molecular complexity index is 1270. The number of amides is 1. The molecule has 11 heteroatoms. The molecule has 0 bridgehead atoms. The first-order chi connectivity index (χ1) is 13.5. The van der Waals surface area contributed by atoms with Crippen molar-refractivity contribution in [2.45, 2.75) is 19.0 Å². The smallest absolute Gasteiger partial charge is 0.417 e. The molecule has 0 saturated heterocycles. The van der Waals surface area contributed by atoms with E-state index in [4.69, 9.17) is 10.2 Å². The molecule has 0 aliphatic rings. The summed E-state index contributed by atoms with van der Waals surface area (Å²) in [7, 11) is 0. The van der Waals surface area contributed by atoms with Gasteiger partial charge in [0.25, 0.3) is 11.8 Å². The second-order valence-corrected chi connectivity index (χ2v) is 6.39. The Morgan fingerprint density at radius 3 is 2.52 bits per heavy atom. The number of primary amides is 1. The van der Waals surface area contributed by atoms with Crippen LogP contribution >= 0.6 is 0 Å². The average Bonchev–Trinajstić information content (AvgIpc) is 3.25. The third-order valence-electron chi connectivity index (χ3n) is 4.32. The second-order valence-electron chi connectivity index (χ2n) is 6.39. The summed E-state index contributed by atoms with van der Waals surface area (Å²) in [5.74, 6) is -4.39. The van der Waals surface area contributed by atoms with Crippen LogP contribution in [0.1, 0.15) is 30.0 Å². The summed E-state index contributed by atoms with van der Waals surface area (Å²) >= 11 is 0. The number of furan rings is 1. The van der Waals surface area contributed by atoms with Crippen LogP contribution in [-0.2, 0) is 12.1 Å². The zero-order valence-electron chi connectivity index (χ0n) is 14.6. The highest BCUT2D eigenvalue weighted by atomic mass is 19.4. The third-order valence-corrected chi connectivity index (χ3v) is 4.32. The molecule has 0 atom stereocenters. The third kappa shape index (κ3) is 3.08. The minimum absolute atomic E-state index is 0. The van der Waals surface area contributed by atoms with Gasteiger partial charge in [0.1, 0.15) is 22.7 Å².